The monoisotopic (exact) mass is 271 g/mol. The Kier molecular flexibility index (Phi) is 6.09. The Balaban J connectivity index is 2.86. The maximum Gasteiger partial charge on any atom is 0.416 e. The van der Waals surface area contributed by atoms with Gasteiger partial charge in [-0.3, -0.25) is 0 Å². The van der Waals surface area contributed by atoms with Gasteiger partial charge in [-0.2, -0.15) is 13.2 Å². The molecule has 0 amide bonds. The maximum absolute atomic E-state index is 12.7. The van der Waals surface area contributed by atoms with Crippen molar-refractivity contribution in [3.05, 3.63) is 48.0 Å². The Bertz CT molecular complexity index is 399. The summed E-state index contributed by atoms with van der Waals surface area (Å²) in [4.78, 5) is 0. The van der Waals surface area contributed by atoms with Gasteiger partial charge in [0.25, 0.3) is 0 Å². The van der Waals surface area contributed by atoms with Crippen molar-refractivity contribution >= 4 is 0 Å². The first-order valence-corrected chi connectivity index (χ1v) is 6.50. The van der Waals surface area contributed by atoms with Crippen molar-refractivity contribution in [2.45, 2.75) is 38.4 Å². The zero-order valence-electron chi connectivity index (χ0n) is 11.1. The number of hydrogen-bond acceptors (Lipinski definition) is 1. The molecule has 1 aromatic rings. The smallest absolute Gasteiger partial charge is 0.310 e. The van der Waals surface area contributed by atoms with Crippen LogP contribution in [0.2, 0.25) is 0 Å². The van der Waals surface area contributed by atoms with Gasteiger partial charge in [0, 0.05) is 6.04 Å². The summed E-state index contributed by atoms with van der Waals surface area (Å²) in [6.45, 7) is 6.34. The average Bonchev–Trinajstić information content (AvgIpc) is 2.37. The number of alkyl halides is 3. The molecular weight excluding hydrogens is 251 g/mol. The number of nitrogens with one attached hydrogen (secondary N) is 1. The molecule has 106 valence electrons. The van der Waals surface area contributed by atoms with E-state index < -0.39 is 11.7 Å². The van der Waals surface area contributed by atoms with Gasteiger partial charge >= 0.3 is 6.18 Å². The van der Waals surface area contributed by atoms with E-state index in [4.69, 9.17) is 0 Å². The molecule has 0 heterocycles. The van der Waals surface area contributed by atoms with Crippen molar-refractivity contribution in [1.82, 2.24) is 5.32 Å². The molecule has 1 atom stereocenters. The summed E-state index contributed by atoms with van der Waals surface area (Å²) in [6, 6.07) is 5.52. The highest BCUT2D eigenvalue weighted by atomic mass is 19.4. The molecule has 1 nitrogen and oxygen atoms in total. The molecule has 0 bridgehead atoms. The summed E-state index contributed by atoms with van der Waals surface area (Å²) >= 11 is 0. The highest BCUT2D eigenvalue weighted by Crippen LogP contribution is 2.31. The summed E-state index contributed by atoms with van der Waals surface area (Å²) in [5.41, 5.74) is 0.109. The molecule has 19 heavy (non-hydrogen) atoms. The highest BCUT2D eigenvalue weighted by Gasteiger charge is 2.30. The molecule has 0 radical (unpaired) electrons. The van der Waals surface area contributed by atoms with Crippen LogP contribution in [0.1, 0.15) is 43.4 Å². The van der Waals surface area contributed by atoms with Crippen LogP contribution >= 0.6 is 0 Å². The first kappa shape index (κ1) is 15.8. The van der Waals surface area contributed by atoms with Gasteiger partial charge in [0.05, 0.1) is 5.56 Å². The predicted molar refractivity (Wildman–Crippen MR) is 71.9 cm³/mol. The molecule has 1 aromatic carbocycles. The molecule has 0 aliphatic carbocycles. The average molecular weight is 271 g/mol. The molecule has 0 saturated carbocycles. The number of allylic oxidation sites excluding steroid dienone is 1. The van der Waals surface area contributed by atoms with Gasteiger partial charge in [-0.1, -0.05) is 25.1 Å². The molecule has 0 aliphatic heterocycles. The molecule has 0 spiro atoms. The lowest BCUT2D eigenvalue weighted by Gasteiger charge is -2.19. The number of halogens is 3. The second kappa shape index (κ2) is 7.34. The van der Waals surface area contributed by atoms with E-state index in [-0.39, 0.29) is 6.04 Å². The van der Waals surface area contributed by atoms with Crippen LogP contribution in [0, 0.1) is 0 Å². The van der Waals surface area contributed by atoms with Gasteiger partial charge in [0.15, 0.2) is 0 Å². The van der Waals surface area contributed by atoms with Crippen molar-refractivity contribution in [1.29, 1.82) is 0 Å². The van der Waals surface area contributed by atoms with Crippen LogP contribution in [0.25, 0.3) is 0 Å². The topological polar surface area (TPSA) is 12.0 Å². The van der Waals surface area contributed by atoms with E-state index in [0.717, 1.165) is 31.9 Å². The van der Waals surface area contributed by atoms with Gasteiger partial charge in [-0.25, -0.2) is 0 Å². The second-order valence-corrected chi connectivity index (χ2v) is 4.45. The molecular formula is C15H20F3N. The number of unbranched alkanes of at least 4 members (excludes halogenated alkanes) is 1. The van der Waals surface area contributed by atoms with Crippen LogP contribution in [-0.4, -0.2) is 6.54 Å². The summed E-state index contributed by atoms with van der Waals surface area (Å²) < 4.78 is 38.1. The standard InChI is InChI=1S/C15H20F3N/c1-3-5-6-10-14(19-4-2)12-8-7-9-13(11-12)15(16,17)18/h3,7-9,11,14,19H,1,4-6,10H2,2H3. The third kappa shape index (κ3) is 5.07. The molecule has 0 aromatic heterocycles. The van der Waals surface area contributed by atoms with Crippen molar-refractivity contribution in [2.75, 3.05) is 6.54 Å². The molecule has 0 aliphatic rings. The van der Waals surface area contributed by atoms with Gasteiger partial charge in [0.2, 0.25) is 0 Å². The number of hydrogen-bond donors (Lipinski definition) is 1. The minimum atomic E-state index is -4.28. The molecule has 1 rings (SSSR count). The largest absolute Gasteiger partial charge is 0.416 e. The third-order valence-corrected chi connectivity index (χ3v) is 2.97. The lowest BCUT2D eigenvalue weighted by atomic mass is 9.99. The molecule has 1 unspecified atom stereocenters. The van der Waals surface area contributed by atoms with Gasteiger partial charge in [-0.05, 0) is 43.5 Å². The van der Waals surface area contributed by atoms with Gasteiger partial charge in [-0.15, -0.1) is 6.58 Å². The van der Waals surface area contributed by atoms with Crippen molar-refractivity contribution in [2.24, 2.45) is 0 Å². The fourth-order valence-corrected chi connectivity index (χ4v) is 2.03. The van der Waals surface area contributed by atoms with Crippen molar-refractivity contribution in [3.63, 3.8) is 0 Å². The summed E-state index contributed by atoms with van der Waals surface area (Å²) in [5, 5.41) is 3.23. The first-order chi connectivity index (χ1) is 8.99. The van der Waals surface area contributed by atoms with Crippen LogP contribution in [0.5, 0.6) is 0 Å². The Hall–Kier alpha value is -1.29. The summed E-state index contributed by atoms with van der Waals surface area (Å²) in [7, 11) is 0. The zero-order valence-corrected chi connectivity index (χ0v) is 11.1. The lowest BCUT2D eigenvalue weighted by molar-refractivity contribution is -0.137. The maximum atomic E-state index is 12.7. The Morgan fingerprint density at radius 3 is 2.68 bits per heavy atom. The van der Waals surface area contributed by atoms with Crippen LogP contribution in [-0.2, 0) is 6.18 Å². The molecule has 1 N–H and O–H groups in total. The lowest BCUT2D eigenvalue weighted by Crippen LogP contribution is -2.21. The minimum absolute atomic E-state index is 0.0350. The van der Waals surface area contributed by atoms with Crippen molar-refractivity contribution in [3.8, 4) is 0 Å². The summed E-state index contributed by atoms with van der Waals surface area (Å²) in [6.07, 6.45) is 0.141. The van der Waals surface area contributed by atoms with Gasteiger partial charge < -0.3 is 5.32 Å². The van der Waals surface area contributed by atoms with Crippen LogP contribution in [0.3, 0.4) is 0 Å². The number of rotatable bonds is 7. The van der Waals surface area contributed by atoms with Crippen LogP contribution in [0.15, 0.2) is 36.9 Å². The van der Waals surface area contributed by atoms with Gasteiger partial charge in [0.1, 0.15) is 0 Å². The summed E-state index contributed by atoms with van der Waals surface area (Å²) in [5.74, 6) is 0. The normalized spacial score (nSPS) is 13.3. The van der Waals surface area contributed by atoms with E-state index in [2.05, 4.69) is 11.9 Å². The molecule has 0 fully saturated rings. The van der Waals surface area contributed by atoms with Crippen LogP contribution in [0.4, 0.5) is 13.2 Å². The van der Waals surface area contributed by atoms with E-state index in [1.165, 1.54) is 12.1 Å². The van der Waals surface area contributed by atoms with E-state index in [1.807, 2.05) is 13.0 Å². The Morgan fingerprint density at radius 1 is 1.37 bits per heavy atom. The second-order valence-electron chi connectivity index (χ2n) is 4.45. The fourth-order valence-electron chi connectivity index (χ4n) is 2.03. The van der Waals surface area contributed by atoms with E-state index in [9.17, 15) is 13.2 Å². The predicted octanol–water partition coefficient (Wildman–Crippen LogP) is 4.71. The SMILES string of the molecule is C=CCCCC(NCC)c1cccc(C(F)(F)F)c1. The minimum Gasteiger partial charge on any atom is -0.310 e. The van der Waals surface area contributed by atoms with E-state index >= 15 is 0 Å². The Labute approximate surface area is 112 Å². The van der Waals surface area contributed by atoms with E-state index in [0.29, 0.717) is 5.56 Å². The quantitative estimate of drug-likeness (QED) is 0.559. The molecule has 0 saturated heterocycles. The zero-order chi connectivity index (χ0) is 14.3. The van der Waals surface area contributed by atoms with E-state index in [1.54, 1.807) is 6.07 Å². The Morgan fingerprint density at radius 2 is 2.11 bits per heavy atom. The fraction of sp³-hybridized carbons (Fsp3) is 0.467. The first-order valence-electron chi connectivity index (χ1n) is 6.50. The number of benzene rings is 1. The third-order valence-electron chi connectivity index (χ3n) is 2.97. The molecule has 4 heteroatoms. The highest BCUT2D eigenvalue weighted by molar-refractivity contribution is 5.28. The van der Waals surface area contributed by atoms with Crippen LogP contribution < -0.4 is 5.32 Å². The van der Waals surface area contributed by atoms with Crippen molar-refractivity contribution < 1.29 is 13.2 Å².